The lowest BCUT2D eigenvalue weighted by molar-refractivity contribution is -0.139. The van der Waals surface area contributed by atoms with Crippen molar-refractivity contribution in [3.05, 3.63) is 118 Å². The second-order valence-corrected chi connectivity index (χ2v) is 10.2. The van der Waals surface area contributed by atoms with Crippen LogP contribution in [0.15, 0.2) is 94.7 Å². The lowest BCUT2D eigenvalue weighted by atomic mass is 9.88. The van der Waals surface area contributed by atoms with Gasteiger partial charge in [-0.25, -0.2) is 9.79 Å². The van der Waals surface area contributed by atoms with Gasteiger partial charge in [-0.05, 0) is 55.0 Å². The van der Waals surface area contributed by atoms with Crippen LogP contribution in [0, 0.1) is 13.8 Å². The van der Waals surface area contributed by atoms with E-state index in [1.807, 2.05) is 72.7 Å². The van der Waals surface area contributed by atoms with Crippen LogP contribution in [-0.2, 0) is 20.9 Å². The van der Waals surface area contributed by atoms with E-state index in [0.717, 1.165) is 38.7 Å². The number of amides is 1. The van der Waals surface area contributed by atoms with Crippen LogP contribution in [0.3, 0.4) is 0 Å². The molecular weight excluding hydrogens is 508 g/mol. The van der Waals surface area contributed by atoms with Gasteiger partial charge in [0.15, 0.2) is 5.17 Å². The van der Waals surface area contributed by atoms with Gasteiger partial charge in [-0.1, -0.05) is 65.9 Å². The highest BCUT2D eigenvalue weighted by molar-refractivity contribution is 8.16. The second kappa shape index (κ2) is 11.7. The number of fused-ring (bicyclic) bond motifs is 1. The number of aromatic nitrogens is 1. The molecule has 1 N–H and O–H groups in total. The average molecular weight is 539 g/mol. The summed E-state index contributed by atoms with van der Waals surface area (Å²) in [7, 11) is 0. The number of nitrogens with one attached hydrogen (secondary N) is 1. The number of rotatable bonds is 8. The molecule has 39 heavy (non-hydrogen) atoms. The Morgan fingerprint density at radius 3 is 2.54 bits per heavy atom. The molecule has 2 aromatic carbocycles. The highest BCUT2D eigenvalue weighted by atomic mass is 32.2. The monoisotopic (exact) mass is 538 g/mol. The predicted octanol–water partition coefficient (Wildman–Crippen LogP) is 5.68. The first-order chi connectivity index (χ1) is 19.0. The smallest absolute Gasteiger partial charge is 0.338 e. The molecule has 2 aliphatic rings. The quantitative estimate of drug-likeness (QED) is 0.372. The van der Waals surface area contributed by atoms with E-state index < -0.39 is 12.0 Å². The fourth-order valence-electron chi connectivity index (χ4n) is 4.84. The van der Waals surface area contributed by atoms with E-state index in [-0.39, 0.29) is 18.9 Å². The van der Waals surface area contributed by atoms with E-state index in [0.29, 0.717) is 17.8 Å². The first kappa shape index (κ1) is 26.4. The van der Waals surface area contributed by atoms with Crippen LogP contribution in [0.1, 0.15) is 47.2 Å². The topological polar surface area (TPSA) is 83.9 Å². The molecule has 1 atom stereocenters. The summed E-state index contributed by atoms with van der Waals surface area (Å²) in [6.07, 6.45) is 3.56. The van der Waals surface area contributed by atoms with E-state index >= 15 is 0 Å². The molecule has 1 amide bonds. The largest absolute Gasteiger partial charge is 0.463 e. The minimum absolute atomic E-state index is 0.116. The maximum Gasteiger partial charge on any atom is 0.338 e. The summed E-state index contributed by atoms with van der Waals surface area (Å²) in [5.74, 6) is -0.530. The van der Waals surface area contributed by atoms with Crippen LogP contribution in [0.25, 0.3) is 5.70 Å². The summed E-state index contributed by atoms with van der Waals surface area (Å²) < 4.78 is 5.60. The predicted molar refractivity (Wildman–Crippen MR) is 154 cm³/mol. The van der Waals surface area contributed by atoms with Crippen molar-refractivity contribution in [1.82, 2.24) is 15.2 Å². The molecule has 0 radical (unpaired) electrons. The number of benzene rings is 2. The summed E-state index contributed by atoms with van der Waals surface area (Å²) in [4.78, 5) is 37.7. The SMILES string of the molecule is CCOC(=O)C1=C(c2ccccc2)N=C2SC=C(CC(=O)NCc3ccncc3)N2C1c1ccc(C)cc1C. The minimum atomic E-state index is -0.499. The summed E-state index contributed by atoms with van der Waals surface area (Å²) in [5.41, 5.74) is 6.80. The molecule has 0 fully saturated rings. The van der Waals surface area contributed by atoms with Crippen molar-refractivity contribution >= 4 is 34.5 Å². The summed E-state index contributed by atoms with van der Waals surface area (Å²) in [6, 6.07) is 19.2. The van der Waals surface area contributed by atoms with Crippen molar-refractivity contribution in [3.8, 4) is 0 Å². The number of hydrogen-bond donors (Lipinski definition) is 1. The molecule has 1 unspecified atom stereocenters. The van der Waals surface area contributed by atoms with Gasteiger partial charge in [0, 0.05) is 30.2 Å². The zero-order valence-electron chi connectivity index (χ0n) is 22.2. The van der Waals surface area contributed by atoms with Gasteiger partial charge < -0.3 is 15.0 Å². The van der Waals surface area contributed by atoms with E-state index in [2.05, 4.69) is 22.4 Å². The van der Waals surface area contributed by atoms with Gasteiger partial charge in [0.2, 0.25) is 5.91 Å². The van der Waals surface area contributed by atoms with Gasteiger partial charge in [0.05, 0.1) is 30.3 Å². The Kier molecular flexibility index (Phi) is 7.93. The summed E-state index contributed by atoms with van der Waals surface area (Å²) >= 11 is 1.46. The molecule has 3 heterocycles. The molecule has 0 saturated heterocycles. The van der Waals surface area contributed by atoms with Crippen molar-refractivity contribution in [1.29, 1.82) is 0 Å². The lowest BCUT2D eigenvalue weighted by Crippen LogP contribution is -2.38. The number of aliphatic imine (C=N–C) groups is 1. The third-order valence-electron chi connectivity index (χ3n) is 6.65. The van der Waals surface area contributed by atoms with E-state index in [1.54, 1.807) is 19.3 Å². The second-order valence-electron chi connectivity index (χ2n) is 9.41. The van der Waals surface area contributed by atoms with Crippen LogP contribution in [0.4, 0.5) is 0 Å². The number of carbonyl (C=O) groups excluding carboxylic acids is 2. The van der Waals surface area contributed by atoms with Crippen molar-refractivity contribution < 1.29 is 14.3 Å². The summed E-state index contributed by atoms with van der Waals surface area (Å²) in [6.45, 7) is 6.55. The van der Waals surface area contributed by atoms with Gasteiger partial charge >= 0.3 is 5.97 Å². The lowest BCUT2D eigenvalue weighted by Gasteiger charge is -2.37. The number of thioether (sulfide) groups is 1. The van der Waals surface area contributed by atoms with Crippen LogP contribution in [-0.4, -0.2) is 33.5 Å². The van der Waals surface area contributed by atoms with Crippen LogP contribution < -0.4 is 5.32 Å². The normalized spacial score (nSPS) is 16.4. The molecule has 198 valence electrons. The van der Waals surface area contributed by atoms with Crippen LogP contribution in [0.2, 0.25) is 0 Å². The molecule has 2 aliphatic heterocycles. The average Bonchev–Trinajstić information content (AvgIpc) is 3.34. The zero-order valence-corrected chi connectivity index (χ0v) is 23.0. The Bertz CT molecular complexity index is 1480. The number of esters is 1. The molecule has 7 nitrogen and oxygen atoms in total. The van der Waals surface area contributed by atoms with Crippen LogP contribution >= 0.6 is 11.8 Å². The number of amidine groups is 1. The van der Waals surface area contributed by atoms with Gasteiger partial charge in [-0.3, -0.25) is 9.78 Å². The Morgan fingerprint density at radius 2 is 1.82 bits per heavy atom. The molecule has 0 spiro atoms. The fraction of sp³-hybridized carbons (Fsp3) is 0.226. The first-order valence-electron chi connectivity index (χ1n) is 12.9. The highest BCUT2D eigenvalue weighted by Crippen LogP contribution is 2.47. The molecule has 1 aromatic heterocycles. The molecular formula is C31H30N4O3S. The minimum Gasteiger partial charge on any atom is -0.463 e. The summed E-state index contributed by atoms with van der Waals surface area (Å²) in [5, 5.41) is 5.68. The maximum absolute atomic E-state index is 13.6. The number of pyridine rings is 1. The number of hydrogen-bond acceptors (Lipinski definition) is 7. The van der Waals surface area contributed by atoms with E-state index in [9.17, 15) is 9.59 Å². The zero-order chi connectivity index (χ0) is 27.4. The number of carbonyl (C=O) groups is 2. The van der Waals surface area contributed by atoms with E-state index in [4.69, 9.17) is 9.73 Å². The fourth-order valence-corrected chi connectivity index (χ4v) is 5.76. The molecule has 0 saturated carbocycles. The molecule has 3 aromatic rings. The van der Waals surface area contributed by atoms with Gasteiger partial charge in [-0.2, -0.15) is 0 Å². The number of nitrogens with zero attached hydrogens (tertiary/aromatic N) is 3. The Hall–Kier alpha value is -4.17. The van der Waals surface area contributed by atoms with E-state index in [1.165, 1.54) is 11.8 Å². The van der Waals surface area contributed by atoms with Crippen molar-refractivity contribution in [2.45, 2.75) is 39.8 Å². The van der Waals surface area contributed by atoms with Gasteiger partial charge in [-0.15, -0.1) is 0 Å². The Morgan fingerprint density at radius 1 is 1.05 bits per heavy atom. The molecule has 0 bridgehead atoms. The Labute approximate surface area is 232 Å². The van der Waals surface area contributed by atoms with Gasteiger partial charge in [0.25, 0.3) is 0 Å². The molecule has 0 aliphatic carbocycles. The molecule has 8 heteroatoms. The number of ether oxygens (including phenoxy) is 1. The van der Waals surface area contributed by atoms with Crippen molar-refractivity contribution in [3.63, 3.8) is 0 Å². The third kappa shape index (κ3) is 5.66. The molecule has 5 rings (SSSR count). The third-order valence-corrected chi connectivity index (χ3v) is 7.54. The maximum atomic E-state index is 13.6. The first-order valence-corrected chi connectivity index (χ1v) is 13.8. The van der Waals surface area contributed by atoms with Gasteiger partial charge in [0.1, 0.15) is 0 Å². The highest BCUT2D eigenvalue weighted by Gasteiger charge is 2.42. The standard InChI is InChI=1S/C31H30N4O3S/c1-4-38-30(37)27-28(23-8-6-5-7-9-23)34-31-35(29(27)25-11-10-20(2)16-21(25)3)24(19-39-31)17-26(36)33-18-22-12-14-32-15-13-22/h5-16,19,29H,4,17-18H2,1-3H3,(H,33,36). The number of aryl methyl sites for hydroxylation is 2. The van der Waals surface area contributed by atoms with Crippen molar-refractivity contribution in [2.75, 3.05) is 6.61 Å². The van der Waals surface area contributed by atoms with Crippen molar-refractivity contribution in [2.24, 2.45) is 4.99 Å². The Balaban J connectivity index is 1.55. The van der Waals surface area contributed by atoms with Crippen LogP contribution in [0.5, 0.6) is 0 Å².